The van der Waals surface area contributed by atoms with Crippen LogP contribution >= 0.6 is 0 Å². The number of benzene rings is 1. The molecule has 0 radical (unpaired) electrons. The number of likely N-dealkylation sites (tertiary alicyclic amines) is 1. The van der Waals surface area contributed by atoms with Crippen LogP contribution in [0.25, 0.3) is 0 Å². The Hall–Kier alpha value is -3.36. The van der Waals surface area contributed by atoms with Crippen molar-refractivity contribution >= 4 is 23.3 Å². The van der Waals surface area contributed by atoms with E-state index in [-0.39, 0.29) is 30.5 Å². The number of carbonyl (C=O) groups is 2. The lowest BCUT2D eigenvalue weighted by Crippen LogP contribution is -2.45. The highest BCUT2D eigenvalue weighted by Gasteiger charge is 2.25. The van der Waals surface area contributed by atoms with Gasteiger partial charge >= 0.3 is 5.69 Å². The van der Waals surface area contributed by atoms with Crippen LogP contribution in [-0.4, -0.2) is 46.4 Å². The highest BCUT2D eigenvalue weighted by molar-refractivity contribution is 5.98. The van der Waals surface area contributed by atoms with Gasteiger partial charge in [-0.25, -0.2) is 4.79 Å². The molecule has 9 heteroatoms. The number of nitrogens with two attached hydrogens (primary N) is 1. The van der Waals surface area contributed by atoms with Crippen molar-refractivity contribution in [3.8, 4) is 0 Å². The maximum Gasteiger partial charge on any atom is 0.330 e. The molecule has 0 saturated carbocycles. The molecular weight excluding hydrogens is 386 g/mol. The molecule has 1 saturated heterocycles. The van der Waals surface area contributed by atoms with Gasteiger partial charge in [-0.2, -0.15) is 0 Å². The van der Waals surface area contributed by atoms with E-state index in [0.29, 0.717) is 13.0 Å². The number of nitrogens with zero attached hydrogens (tertiary/aromatic N) is 3. The molecule has 0 spiro atoms. The van der Waals surface area contributed by atoms with E-state index in [4.69, 9.17) is 5.73 Å². The molecule has 3 N–H and O–H groups in total. The van der Waals surface area contributed by atoms with Crippen LogP contribution in [0.15, 0.2) is 39.9 Å². The van der Waals surface area contributed by atoms with Crippen LogP contribution in [0.5, 0.6) is 0 Å². The summed E-state index contributed by atoms with van der Waals surface area (Å²) in [6, 6.07) is 9.18. The summed E-state index contributed by atoms with van der Waals surface area (Å²) >= 11 is 0. The van der Waals surface area contributed by atoms with Gasteiger partial charge in [-0.15, -0.1) is 0 Å². The number of hydrogen-bond donors (Lipinski definition) is 2. The number of amides is 2. The molecule has 0 unspecified atom stereocenters. The lowest BCUT2D eigenvalue weighted by atomic mass is 10.1. The Kier molecular flexibility index (Phi) is 6.71. The molecule has 9 nitrogen and oxygen atoms in total. The third-order valence-electron chi connectivity index (χ3n) is 5.35. The standard InChI is InChI=1S/C21H27N5O4/c1-24(17(28)14-25-12-8-3-2-7-11-16(25)27)18-19(22)26(21(30)23-20(18)29)13-15-9-5-4-6-10-15/h4-6,9-10H,2-3,7-8,11-14,22H2,1H3,(H,23,29,30). The molecule has 1 aliphatic rings. The lowest BCUT2D eigenvalue weighted by Gasteiger charge is -2.27. The fraction of sp³-hybridized carbons (Fsp3) is 0.429. The minimum Gasteiger partial charge on any atom is -0.383 e. The SMILES string of the molecule is CN(C(=O)CN1CCCCCCC1=O)c1c(N)n(Cc2ccccc2)c(=O)[nH]c1=O. The first kappa shape index (κ1) is 21.4. The van der Waals surface area contributed by atoms with E-state index in [0.717, 1.165) is 36.1 Å². The fourth-order valence-corrected chi connectivity index (χ4v) is 3.60. The van der Waals surface area contributed by atoms with Crippen LogP contribution in [0.3, 0.4) is 0 Å². The third kappa shape index (κ3) is 4.79. The van der Waals surface area contributed by atoms with Gasteiger partial charge in [-0.05, 0) is 18.4 Å². The van der Waals surface area contributed by atoms with Crippen molar-refractivity contribution in [2.75, 3.05) is 30.8 Å². The summed E-state index contributed by atoms with van der Waals surface area (Å²) in [5.74, 6) is -0.596. The van der Waals surface area contributed by atoms with E-state index < -0.39 is 17.2 Å². The van der Waals surface area contributed by atoms with Gasteiger partial charge in [-0.3, -0.25) is 23.9 Å². The molecule has 3 rings (SSSR count). The molecule has 160 valence electrons. The van der Waals surface area contributed by atoms with Crippen molar-refractivity contribution in [3.63, 3.8) is 0 Å². The number of nitrogens with one attached hydrogen (secondary N) is 1. The van der Waals surface area contributed by atoms with Gasteiger partial charge in [-0.1, -0.05) is 43.2 Å². The van der Waals surface area contributed by atoms with Crippen molar-refractivity contribution in [3.05, 3.63) is 56.7 Å². The van der Waals surface area contributed by atoms with E-state index in [2.05, 4.69) is 4.98 Å². The number of anilines is 2. The average Bonchev–Trinajstić information content (AvgIpc) is 2.71. The van der Waals surface area contributed by atoms with Crippen LogP contribution in [0, 0.1) is 0 Å². The highest BCUT2D eigenvalue weighted by atomic mass is 16.2. The van der Waals surface area contributed by atoms with Gasteiger partial charge in [0.25, 0.3) is 5.56 Å². The summed E-state index contributed by atoms with van der Waals surface area (Å²) in [5, 5.41) is 0. The Bertz CT molecular complexity index is 1030. The second kappa shape index (κ2) is 9.43. The fourth-order valence-electron chi connectivity index (χ4n) is 3.60. The molecule has 1 aromatic carbocycles. The average molecular weight is 413 g/mol. The zero-order chi connectivity index (χ0) is 21.7. The first-order valence-electron chi connectivity index (χ1n) is 10.1. The van der Waals surface area contributed by atoms with Gasteiger partial charge in [0.15, 0.2) is 5.69 Å². The largest absolute Gasteiger partial charge is 0.383 e. The van der Waals surface area contributed by atoms with Crippen LogP contribution in [0.2, 0.25) is 0 Å². The normalized spacial score (nSPS) is 14.8. The predicted octanol–water partition coefficient (Wildman–Crippen LogP) is 0.923. The Morgan fingerprint density at radius 3 is 2.53 bits per heavy atom. The highest BCUT2D eigenvalue weighted by Crippen LogP contribution is 2.18. The van der Waals surface area contributed by atoms with E-state index in [1.54, 1.807) is 0 Å². The van der Waals surface area contributed by atoms with E-state index in [1.807, 2.05) is 30.3 Å². The molecule has 1 fully saturated rings. The number of nitrogen functional groups attached to an aromatic ring is 1. The Morgan fingerprint density at radius 1 is 1.10 bits per heavy atom. The molecule has 0 aliphatic carbocycles. The molecular formula is C21H27N5O4. The van der Waals surface area contributed by atoms with Gasteiger partial charge in [0, 0.05) is 20.0 Å². The number of carbonyl (C=O) groups excluding carboxylic acids is 2. The number of likely N-dealkylation sites (N-methyl/N-ethyl adjacent to an activating group) is 1. The van der Waals surface area contributed by atoms with E-state index >= 15 is 0 Å². The maximum absolute atomic E-state index is 12.9. The number of H-pyrrole nitrogens is 1. The van der Waals surface area contributed by atoms with Gasteiger partial charge in [0.1, 0.15) is 12.4 Å². The number of aromatic amines is 1. The number of aromatic nitrogens is 2. The van der Waals surface area contributed by atoms with Crippen molar-refractivity contribution in [2.24, 2.45) is 0 Å². The summed E-state index contributed by atoms with van der Waals surface area (Å²) in [6.07, 6.45) is 4.11. The van der Waals surface area contributed by atoms with E-state index in [9.17, 15) is 19.2 Å². The lowest BCUT2D eigenvalue weighted by molar-refractivity contribution is -0.135. The third-order valence-corrected chi connectivity index (χ3v) is 5.35. The number of hydrogen-bond acceptors (Lipinski definition) is 5. The molecule has 0 atom stereocenters. The molecule has 2 aromatic rings. The van der Waals surface area contributed by atoms with Crippen molar-refractivity contribution in [1.82, 2.24) is 14.5 Å². The number of rotatable bonds is 5. The molecule has 30 heavy (non-hydrogen) atoms. The summed E-state index contributed by atoms with van der Waals surface area (Å²) in [4.78, 5) is 54.8. The summed E-state index contributed by atoms with van der Waals surface area (Å²) < 4.78 is 1.22. The van der Waals surface area contributed by atoms with Crippen molar-refractivity contribution < 1.29 is 9.59 Å². The molecule has 2 heterocycles. The van der Waals surface area contributed by atoms with Gasteiger partial charge in [0.2, 0.25) is 11.8 Å². The summed E-state index contributed by atoms with van der Waals surface area (Å²) in [5.41, 5.74) is 5.48. The molecule has 2 amide bonds. The van der Waals surface area contributed by atoms with Gasteiger partial charge in [0.05, 0.1) is 6.54 Å². The molecule has 0 bridgehead atoms. The second-order valence-electron chi connectivity index (χ2n) is 7.50. The minimum absolute atomic E-state index is 0.0626. The Morgan fingerprint density at radius 2 is 1.80 bits per heavy atom. The van der Waals surface area contributed by atoms with Gasteiger partial charge < -0.3 is 15.5 Å². The Balaban J connectivity index is 1.85. The summed E-state index contributed by atoms with van der Waals surface area (Å²) in [6.45, 7) is 0.533. The first-order chi connectivity index (χ1) is 14.4. The smallest absolute Gasteiger partial charge is 0.330 e. The van der Waals surface area contributed by atoms with Crippen LogP contribution in [-0.2, 0) is 16.1 Å². The first-order valence-corrected chi connectivity index (χ1v) is 10.1. The van der Waals surface area contributed by atoms with Crippen LogP contribution < -0.4 is 21.9 Å². The minimum atomic E-state index is -0.739. The monoisotopic (exact) mass is 413 g/mol. The quantitative estimate of drug-likeness (QED) is 0.755. The van der Waals surface area contributed by atoms with Crippen LogP contribution in [0.4, 0.5) is 11.5 Å². The van der Waals surface area contributed by atoms with Crippen LogP contribution in [0.1, 0.15) is 37.7 Å². The van der Waals surface area contributed by atoms with E-state index in [1.165, 1.54) is 16.5 Å². The van der Waals surface area contributed by atoms with Crippen molar-refractivity contribution in [2.45, 2.75) is 38.6 Å². The second-order valence-corrected chi connectivity index (χ2v) is 7.50. The Labute approximate surface area is 174 Å². The zero-order valence-corrected chi connectivity index (χ0v) is 17.1. The topological polar surface area (TPSA) is 121 Å². The molecule has 1 aromatic heterocycles. The van der Waals surface area contributed by atoms with Crippen molar-refractivity contribution in [1.29, 1.82) is 0 Å². The maximum atomic E-state index is 12.9. The predicted molar refractivity (Wildman–Crippen MR) is 114 cm³/mol. The zero-order valence-electron chi connectivity index (χ0n) is 17.1. The summed E-state index contributed by atoms with van der Waals surface area (Å²) in [7, 11) is 1.43. The molecule has 1 aliphatic heterocycles.